The molecule has 1 aliphatic carbocycles. The van der Waals surface area contributed by atoms with E-state index in [1.807, 2.05) is 12.1 Å². The van der Waals surface area contributed by atoms with Crippen molar-refractivity contribution in [1.82, 2.24) is 4.72 Å². The molecule has 0 unspecified atom stereocenters. The molecule has 1 aromatic carbocycles. The summed E-state index contributed by atoms with van der Waals surface area (Å²) in [7, 11) is -3.26. The molecule has 100 valence electrons. The molecular formula is C14H21NO2S. The second-order valence-electron chi connectivity index (χ2n) is 5.95. The predicted octanol–water partition coefficient (Wildman–Crippen LogP) is 2.78. The molecule has 4 heteroatoms. The molecule has 0 saturated heterocycles. The molecule has 0 aromatic heterocycles. The van der Waals surface area contributed by atoms with Crippen LogP contribution in [0.3, 0.4) is 0 Å². The van der Waals surface area contributed by atoms with Crippen molar-refractivity contribution in [3.63, 3.8) is 0 Å². The van der Waals surface area contributed by atoms with Gasteiger partial charge >= 0.3 is 0 Å². The van der Waals surface area contributed by atoms with Gasteiger partial charge in [0.05, 0.1) is 4.75 Å². The average Bonchev–Trinajstić information content (AvgIpc) is 3.09. The van der Waals surface area contributed by atoms with E-state index in [1.54, 1.807) is 20.8 Å². The van der Waals surface area contributed by atoms with E-state index in [4.69, 9.17) is 0 Å². The van der Waals surface area contributed by atoms with E-state index in [1.165, 1.54) is 18.4 Å². The number of rotatable bonds is 4. The van der Waals surface area contributed by atoms with Gasteiger partial charge in [0.15, 0.2) is 0 Å². The maximum absolute atomic E-state index is 11.9. The van der Waals surface area contributed by atoms with Gasteiger partial charge in [0, 0.05) is 6.54 Å². The normalized spacial score (nSPS) is 16.8. The highest BCUT2D eigenvalue weighted by molar-refractivity contribution is 7.90. The van der Waals surface area contributed by atoms with Crippen LogP contribution in [-0.2, 0) is 16.6 Å². The van der Waals surface area contributed by atoms with E-state index in [2.05, 4.69) is 16.9 Å². The van der Waals surface area contributed by atoms with E-state index >= 15 is 0 Å². The first-order valence-electron chi connectivity index (χ1n) is 6.38. The Balaban J connectivity index is 1.98. The minimum atomic E-state index is -3.26. The van der Waals surface area contributed by atoms with Gasteiger partial charge in [0.25, 0.3) is 0 Å². The van der Waals surface area contributed by atoms with Crippen LogP contribution >= 0.6 is 0 Å². The number of hydrogen-bond donors (Lipinski definition) is 1. The smallest absolute Gasteiger partial charge is 0.212 e. The average molecular weight is 267 g/mol. The van der Waals surface area contributed by atoms with Crippen molar-refractivity contribution in [2.45, 2.75) is 50.8 Å². The maximum atomic E-state index is 11.9. The molecule has 2 rings (SSSR count). The first-order chi connectivity index (χ1) is 8.29. The van der Waals surface area contributed by atoms with Crippen LogP contribution < -0.4 is 4.72 Å². The van der Waals surface area contributed by atoms with Gasteiger partial charge in [-0.15, -0.1) is 0 Å². The molecule has 0 atom stereocenters. The van der Waals surface area contributed by atoms with Crippen molar-refractivity contribution in [3.05, 3.63) is 35.4 Å². The fourth-order valence-electron chi connectivity index (χ4n) is 1.72. The molecule has 0 aliphatic heterocycles. The lowest BCUT2D eigenvalue weighted by molar-refractivity contribution is 0.544. The molecule has 0 spiro atoms. The summed E-state index contributed by atoms with van der Waals surface area (Å²) in [6.07, 6.45) is 2.58. The SMILES string of the molecule is CC(C)(C)S(=O)(=O)NCc1ccc(C2CC2)cc1. The highest BCUT2D eigenvalue weighted by atomic mass is 32.2. The quantitative estimate of drug-likeness (QED) is 0.911. The van der Waals surface area contributed by atoms with Gasteiger partial charge in [-0.05, 0) is 50.7 Å². The van der Waals surface area contributed by atoms with Crippen molar-refractivity contribution in [3.8, 4) is 0 Å². The van der Waals surface area contributed by atoms with Gasteiger partial charge in [-0.25, -0.2) is 13.1 Å². The Morgan fingerprint density at radius 1 is 1.17 bits per heavy atom. The molecule has 1 fully saturated rings. The van der Waals surface area contributed by atoms with Gasteiger partial charge < -0.3 is 0 Å². The Kier molecular flexibility index (Phi) is 3.52. The maximum Gasteiger partial charge on any atom is 0.216 e. The lowest BCUT2D eigenvalue weighted by Crippen LogP contribution is -2.38. The Morgan fingerprint density at radius 2 is 1.72 bits per heavy atom. The van der Waals surface area contributed by atoms with Crippen LogP contribution in [-0.4, -0.2) is 13.2 Å². The highest BCUT2D eigenvalue weighted by Gasteiger charge is 2.28. The lowest BCUT2D eigenvalue weighted by Gasteiger charge is -2.19. The van der Waals surface area contributed by atoms with E-state index < -0.39 is 14.8 Å². The van der Waals surface area contributed by atoms with Gasteiger partial charge in [0.2, 0.25) is 10.0 Å². The summed E-state index contributed by atoms with van der Waals surface area (Å²) < 4.78 is 25.7. The summed E-state index contributed by atoms with van der Waals surface area (Å²) in [6.45, 7) is 5.47. The summed E-state index contributed by atoms with van der Waals surface area (Å²) in [5.74, 6) is 0.741. The fourth-order valence-corrected chi connectivity index (χ4v) is 2.51. The van der Waals surface area contributed by atoms with Crippen molar-refractivity contribution in [2.75, 3.05) is 0 Å². The lowest BCUT2D eigenvalue weighted by atomic mass is 10.1. The van der Waals surface area contributed by atoms with E-state index in [0.717, 1.165) is 11.5 Å². The first kappa shape index (κ1) is 13.6. The monoisotopic (exact) mass is 267 g/mol. The van der Waals surface area contributed by atoms with Crippen LogP contribution in [0.25, 0.3) is 0 Å². The third-order valence-electron chi connectivity index (χ3n) is 3.30. The highest BCUT2D eigenvalue weighted by Crippen LogP contribution is 2.39. The minimum absolute atomic E-state index is 0.366. The zero-order valence-electron chi connectivity index (χ0n) is 11.2. The molecule has 0 heterocycles. The van der Waals surface area contributed by atoms with Crippen LogP contribution in [0.15, 0.2) is 24.3 Å². The number of sulfonamides is 1. The molecule has 1 saturated carbocycles. The summed E-state index contributed by atoms with van der Waals surface area (Å²) in [5.41, 5.74) is 2.38. The first-order valence-corrected chi connectivity index (χ1v) is 7.86. The molecule has 0 amide bonds. The van der Waals surface area contributed by atoms with Crippen LogP contribution in [0.2, 0.25) is 0 Å². The number of nitrogens with one attached hydrogen (secondary N) is 1. The Morgan fingerprint density at radius 3 is 2.17 bits per heavy atom. The predicted molar refractivity (Wildman–Crippen MR) is 73.9 cm³/mol. The van der Waals surface area contributed by atoms with Gasteiger partial charge in [0.1, 0.15) is 0 Å². The second-order valence-corrected chi connectivity index (χ2v) is 8.47. The number of benzene rings is 1. The van der Waals surface area contributed by atoms with Crippen LogP contribution in [0, 0.1) is 0 Å². The summed E-state index contributed by atoms with van der Waals surface area (Å²) in [4.78, 5) is 0. The van der Waals surface area contributed by atoms with E-state index in [-0.39, 0.29) is 0 Å². The Labute approximate surface area is 110 Å². The van der Waals surface area contributed by atoms with E-state index in [0.29, 0.717) is 6.54 Å². The number of hydrogen-bond acceptors (Lipinski definition) is 2. The van der Waals surface area contributed by atoms with Crippen LogP contribution in [0.1, 0.15) is 50.7 Å². The van der Waals surface area contributed by atoms with Gasteiger partial charge in [-0.2, -0.15) is 0 Å². The minimum Gasteiger partial charge on any atom is -0.212 e. The zero-order valence-corrected chi connectivity index (χ0v) is 12.0. The third-order valence-corrected chi connectivity index (χ3v) is 5.44. The summed E-state index contributed by atoms with van der Waals surface area (Å²) in [5, 5.41) is 0. The van der Waals surface area contributed by atoms with Crippen molar-refractivity contribution >= 4 is 10.0 Å². The largest absolute Gasteiger partial charge is 0.216 e. The van der Waals surface area contributed by atoms with Gasteiger partial charge in [-0.3, -0.25) is 0 Å². The fraction of sp³-hybridized carbons (Fsp3) is 0.571. The Hall–Kier alpha value is -0.870. The van der Waals surface area contributed by atoms with Crippen molar-refractivity contribution in [1.29, 1.82) is 0 Å². The second kappa shape index (κ2) is 4.67. The molecule has 1 aliphatic rings. The zero-order chi connectivity index (χ0) is 13.4. The van der Waals surface area contributed by atoms with E-state index in [9.17, 15) is 8.42 Å². The molecule has 1 N–H and O–H groups in total. The molecule has 3 nitrogen and oxygen atoms in total. The topological polar surface area (TPSA) is 46.2 Å². The van der Waals surface area contributed by atoms with Crippen LogP contribution in [0.5, 0.6) is 0 Å². The molecule has 0 radical (unpaired) electrons. The standard InChI is InChI=1S/C14H21NO2S/c1-14(2,3)18(16,17)15-10-11-4-6-12(7-5-11)13-8-9-13/h4-7,13,15H,8-10H2,1-3H3. The summed E-state index contributed by atoms with van der Waals surface area (Å²) >= 11 is 0. The van der Waals surface area contributed by atoms with Crippen LogP contribution in [0.4, 0.5) is 0 Å². The molecular weight excluding hydrogens is 246 g/mol. The Bertz CT molecular complexity index is 508. The molecule has 0 bridgehead atoms. The third kappa shape index (κ3) is 3.12. The molecule has 1 aromatic rings. The molecule has 18 heavy (non-hydrogen) atoms. The van der Waals surface area contributed by atoms with Crippen molar-refractivity contribution < 1.29 is 8.42 Å². The van der Waals surface area contributed by atoms with Gasteiger partial charge in [-0.1, -0.05) is 24.3 Å². The summed E-state index contributed by atoms with van der Waals surface area (Å²) in [6, 6.07) is 8.24. The van der Waals surface area contributed by atoms with Crippen molar-refractivity contribution in [2.24, 2.45) is 0 Å².